The molecule has 1 unspecified atom stereocenters. The van der Waals surface area contributed by atoms with E-state index in [1.165, 1.54) is 31.3 Å². The van der Waals surface area contributed by atoms with Crippen LogP contribution >= 0.6 is 0 Å². The van der Waals surface area contributed by atoms with Crippen molar-refractivity contribution in [2.45, 2.75) is 45.1 Å². The van der Waals surface area contributed by atoms with Crippen molar-refractivity contribution in [1.82, 2.24) is 9.78 Å². The summed E-state index contributed by atoms with van der Waals surface area (Å²) < 4.78 is 25.1. The van der Waals surface area contributed by atoms with Crippen LogP contribution in [0, 0.1) is 18.8 Å². The number of hydrogen-bond donors (Lipinski definition) is 1. The largest absolute Gasteiger partial charge is 0.307 e. The molecule has 1 aromatic heterocycles. The highest BCUT2D eigenvalue weighted by atomic mass is 32.2. The van der Waals surface area contributed by atoms with Crippen LogP contribution in [-0.2, 0) is 14.6 Å². The van der Waals surface area contributed by atoms with Crippen molar-refractivity contribution >= 4 is 21.6 Å². The maximum absolute atomic E-state index is 12.4. The van der Waals surface area contributed by atoms with Gasteiger partial charge in [-0.25, -0.2) is 13.1 Å². The minimum absolute atomic E-state index is 0.0994. The molecule has 1 N–H and O–H groups in total. The average molecular weight is 349 g/mol. The van der Waals surface area contributed by atoms with Crippen LogP contribution in [0.15, 0.2) is 17.7 Å². The molecule has 0 bridgehead atoms. The highest BCUT2D eigenvalue weighted by molar-refractivity contribution is 7.91. The van der Waals surface area contributed by atoms with Gasteiger partial charge >= 0.3 is 0 Å². The second-order valence-electron chi connectivity index (χ2n) is 7.35. The number of amides is 1. The summed E-state index contributed by atoms with van der Waals surface area (Å²) in [5.74, 6) is 1.98. The minimum atomic E-state index is -2.99. The van der Waals surface area contributed by atoms with E-state index in [1.54, 1.807) is 10.8 Å². The number of aryl methyl sites for hydroxylation is 1. The van der Waals surface area contributed by atoms with Gasteiger partial charge in [-0.1, -0.05) is 5.57 Å². The Hall–Kier alpha value is -1.63. The first-order valence-electron chi connectivity index (χ1n) is 8.70. The van der Waals surface area contributed by atoms with Gasteiger partial charge in [0.1, 0.15) is 5.82 Å². The SMILES string of the molecule is Cc1cc(NC(=O)C=C(C2CC2)C2CC2)n(C2CCS(=O)(=O)C2)n1. The number of hydrogen-bond acceptors (Lipinski definition) is 4. The molecule has 1 amide bonds. The van der Waals surface area contributed by atoms with Gasteiger partial charge in [-0.05, 0) is 50.9 Å². The lowest BCUT2D eigenvalue weighted by atomic mass is 10.1. The summed E-state index contributed by atoms with van der Waals surface area (Å²) in [5.41, 5.74) is 2.09. The topological polar surface area (TPSA) is 81.1 Å². The number of aromatic nitrogens is 2. The molecule has 24 heavy (non-hydrogen) atoms. The molecule has 1 atom stereocenters. The number of allylic oxidation sites excluding steroid dienone is 1. The summed E-state index contributed by atoms with van der Waals surface area (Å²) in [6, 6.07) is 1.62. The van der Waals surface area contributed by atoms with Gasteiger partial charge in [0.25, 0.3) is 0 Å². The van der Waals surface area contributed by atoms with E-state index in [0.717, 1.165) is 5.69 Å². The smallest absolute Gasteiger partial charge is 0.249 e. The van der Waals surface area contributed by atoms with Crippen LogP contribution in [0.4, 0.5) is 5.82 Å². The molecule has 6 nitrogen and oxygen atoms in total. The molecule has 7 heteroatoms. The average Bonchev–Trinajstić information content (AvgIpc) is 3.41. The molecule has 0 radical (unpaired) electrons. The van der Waals surface area contributed by atoms with Crippen LogP contribution in [-0.4, -0.2) is 35.6 Å². The van der Waals surface area contributed by atoms with Crippen LogP contribution in [0.2, 0.25) is 0 Å². The molecule has 0 spiro atoms. The predicted molar refractivity (Wildman–Crippen MR) is 91.4 cm³/mol. The van der Waals surface area contributed by atoms with Crippen molar-refractivity contribution in [2.24, 2.45) is 11.8 Å². The molecule has 3 fully saturated rings. The molecule has 1 aromatic rings. The van der Waals surface area contributed by atoms with Crippen molar-refractivity contribution in [3.63, 3.8) is 0 Å². The fourth-order valence-corrected chi connectivity index (χ4v) is 5.26. The Morgan fingerprint density at radius 2 is 1.92 bits per heavy atom. The monoisotopic (exact) mass is 349 g/mol. The van der Waals surface area contributed by atoms with E-state index in [2.05, 4.69) is 10.4 Å². The van der Waals surface area contributed by atoms with Crippen molar-refractivity contribution in [3.8, 4) is 0 Å². The van der Waals surface area contributed by atoms with Crippen LogP contribution in [0.25, 0.3) is 0 Å². The second kappa shape index (κ2) is 5.72. The molecule has 3 aliphatic rings. The van der Waals surface area contributed by atoms with Gasteiger partial charge in [0.2, 0.25) is 5.91 Å². The Morgan fingerprint density at radius 1 is 1.25 bits per heavy atom. The van der Waals surface area contributed by atoms with Gasteiger partial charge in [-0.3, -0.25) is 4.79 Å². The number of anilines is 1. The molecule has 4 rings (SSSR count). The summed E-state index contributed by atoms with van der Waals surface area (Å²) in [6.45, 7) is 1.85. The second-order valence-corrected chi connectivity index (χ2v) is 9.58. The fraction of sp³-hybridized carbons (Fsp3) is 0.647. The Labute approximate surface area is 142 Å². The lowest BCUT2D eigenvalue weighted by Gasteiger charge is -2.13. The van der Waals surface area contributed by atoms with Crippen LogP contribution in [0.5, 0.6) is 0 Å². The van der Waals surface area contributed by atoms with E-state index < -0.39 is 9.84 Å². The summed E-state index contributed by atoms with van der Waals surface area (Å²) in [6.07, 6.45) is 7.13. The third kappa shape index (κ3) is 3.41. The Bertz CT molecular complexity index is 787. The highest BCUT2D eigenvalue weighted by Crippen LogP contribution is 2.48. The first kappa shape index (κ1) is 15.9. The van der Waals surface area contributed by atoms with E-state index >= 15 is 0 Å². The molecular formula is C17H23N3O3S. The van der Waals surface area contributed by atoms with Crippen molar-refractivity contribution in [1.29, 1.82) is 0 Å². The van der Waals surface area contributed by atoms with Crippen molar-refractivity contribution < 1.29 is 13.2 Å². The van der Waals surface area contributed by atoms with Gasteiger partial charge in [0.15, 0.2) is 9.84 Å². The molecular weight excluding hydrogens is 326 g/mol. The number of nitrogens with one attached hydrogen (secondary N) is 1. The molecule has 1 aliphatic heterocycles. The van der Waals surface area contributed by atoms with Crippen molar-refractivity contribution in [3.05, 3.63) is 23.4 Å². The molecule has 0 aromatic carbocycles. The van der Waals surface area contributed by atoms with Crippen molar-refractivity contribution in [2.75, 3.05) is 16.8 Å². The fourth-order valence-electron chi connectivity index (χ4n) is 3.57. The quantitative estimate of drug-likeness (QED) is 0.827. The van der Waals surface area contributed by atoms with Gasteiger partial charge in [0.05, 0.1) is 23.2 Å². The summed E-state index contributed by atoms with van der Waals surface area (Å²) in [5, 5.41) is 7.32. The lowest BCUT2D eigenvalue weighted by Crippen LogP contribution is -2.18. The predicted octanol–water partition coefficient (Wildman–Crippen LogP) is 2.24. The standard InChI is InChI=1S/C17H23N3O3S/c1-11-8-16(20(19-11)14-6-7-24(22,23)10-14)18-17(21)9-15(12-2-3-12)13-4-5-13/h8-9,12-14H,2-7,10H2,1H3,(H,18,21). The van der Waals surface area contributed by atoms with E-state index in [-0.39, 0.29) is 23.5 Å². The third-order valence-corrected chi connectivity index (χ3v) is 6.81. The lowest BCUT2D eigenvalue weighted by molar-refractivity contribution is -0.112. The van der Waals surface area contributed by atoms with Gasteiger partial charge in [-0.2, -0.15) is 5.10 Å². The van der Waals surface area contributed by atoms with Gasteiger partial charge < -0.3 is 5.32 Å². The van der Waals surface area contributed by atoms with Crippen LogP contribution in [0.3, 0.4) is 0 Å². The van der Waals surface area contributed by atoms with E-state index in [0.29, 0.717) is 24.1 Å². The first-order valence-corrected chi connectivity index (χ1v) is 10.5. The van der Waals surface area contributed by atoms with Crippen LogP contribution < -0.4 is 5.32 Å². The van der Waals surface area contributed by atoms with E-state index in [1.807, 2.05) is 13.0 Å². The van der Waals surface area contributed by atoms with Gasteiger partial charge in [-0.15, -0.1) is 0 Å². The van der Waals surface area contributed by atoms with E-state index in [4.69, 9.17) is 0 Å². The third-order valence-electron chi connectivity index (χ3n) is 5.06. The maximum Gasteiger partial charge on any atom is 0.249 e. The molecule has 2 saturated carbocycles. The maximum atomic E-state index is 12.4. The van der Waals surface area contributed by atoms with Crippen LogP contribution in [0.1, 0.15) is 43.8 Å². The number of carbonyl (C=O) groups excluding carboxylic acids is 1. The number of rotatable bonds is 5. The molecule has 2 heterocycles. The zero-order valence-electron chi connectivity index (χ0n) is 13.9. The summed E-state index contributed by atoms with van der Waals surface area (Å²) in [7, 11) is -2.99. The Morgan fingerprint density at radius 3 is 2.46 bits per heavy atom. The number of sulfone groups is 1. The van der Waals surface area contributed by atoms with Gasteiger partial charge in [0, 0.05) is 12.1 Å². The van der Waals surface area contributed by atoms with E-state index in [9.17, 15) is 13.2 Å². The molecule has 2 aliphatic carbocycles. The minimum Gasteiger partial charge on any atom is -0.307 e. The molecule has 130 valence electrons. The number of nitrogens with zero attached hydrogens (tertiary/aromatic N) is 2. The summed E-state index contributed by atoms with van der Waals surface area (Å²) in [4.78, 5) is 12.4. The number of carbonyl (C=O) groups is 1. The Balaban J connectivity index is 1.52. The normalized spacial score (nSPS) is 25.5. The zero-order chi connectivity index (χ0) is 16.9. The zero-order valence-corrected chi connectivity index (χ0v) is 14.7. The summed E-state index contributed by atoms with van der Waals surface area (Å²) >= 11 is 0. The first-order chi connectivity index (χ1) is 11.4. The highest BCUT2D eigenvalue weighted by Gasteiger charge is 2.37. The Kier molecular flexibility index (Phi) is 3.78. The molecule has 1 saturated heterocycles.